The van der Waals surface area contributed by atoms with Crippen LogP contribution in [0.1, 0.15) is 11.1 Å². The summed E-state index contributed by atoms with van der Waals surface area (Å²) in [7, 11) is -4.01. The summed E-state index contributed by atoms with van der Waals surface area (Å²) < 4.78 is 35.7. The van der Waals surface area contributed by atoms with E-state index in [-0.39, 0.29) is 5.75 Å². The van der Waals surface area contributed by atoms with Gasteiger partial charge in [0.25, 0.3) is 10.1 Å². The lowest BCUT2D eigenvalue weighted by atomic mass is 9.97. The van der Waals surface area contributed by atoms with E-state index in [1.54, 1.807) is 0 Å². The van der Waals surface area contributed by atoms with Crippen molar-refractivity contribution in [2.24, 2.45) is 0 Å². The van der Waals surface area contributed by atoms with E-state index in [0.29, 0.717) is 6.61 Å². The van der Waals surface area contributed by atoms with Gasteiger partial charge in [-0.2, -0.15) is 8.42 Å². The summed E-state index contributed by atoms with van der Waals surface area (Å²) in [6, 6.07) is 7.42. The van der Waals surface area contributed by atoms with Gasteiger partial charge in [-0.3, -0.25) is 4.55 Å². The van der Waals surface area contributed by atoms with Crippen LogP contribution in [0.4, 0.5) is 0 Å². The molecule has 1 saturated heterocycles. The predicted octanol–water partition coefficient (Wildman–Crippen LogP) is 1.11. The summed E-state index contributed by atoms with van der Waals surface area (Å²) in [5.41, 5.74) is 0.986. The van der Waals surface area contributed by atoms with Crippen molar-refractivity contribution in [3.63, 3.8) is 0 Å². The monoisotopic (exact) mass is 228 g/mol. The topological polar surface area (TPSA) is 66.9 Å². The van der Waals surface area contributed by atoms with Crippen LogP contribution >= 0.6 is 0 Å². The van der Waals surface area contributed by atoms with Crippen molar-refractivity contribution in [2.45, 2.75) is 12.5 Å². The Kier molecular flexibility index (Phi) is 2.33. The summed E-state index contributed by atoms with van der Waals surface area (Å²) in [4.78, 5) is 0. The highest BCUT2D eigenvalue weighted by molar-refractivity contribution is 7.85. The lowest BCUT2D eigenvalue weighted by Crippen LogP contribution is -2.22. The van der Waals surface area contributed by atoms with Crippen LogP contribution in [0.15, 0.2) is 24.3 Å². The molecule has 0 aliphatic carbocycles. The minimum Gasteiger partial charge on any atom is -0.363 e. The maximum absolute atomic E-state index is 10.8. The van der Waals surface area contributed by atoms with Crippen LogP contribution in [-0.2, 0) is 20.5 Å². The molecule has 1 fully saturated rings. The lowest BCUT2D eigenvalue weighted by Gasteiger charge is -2.12. The second-order valence-electron chi connectivity index (χ2n) is 3.82. The number of rotatable bonds is 3. The van der Waals surface area contributed by atoms with Gasteiger partial charge in [0.1, 0.15) is 11.4 Å². The third kappa shape index (κ3) is 2.19. The Balaban J connectivity index is 2.35. The fourth-order valence-corrected chi connectivity index (χ4v) is 2.69. The highest BCUT2D eigenvalue weighted by Gasteiger charge is 2.50. The van der Waals surface area contributed by atoms with E-state index in [1.165, 1.54) is 0 Å². The Labute approximate surface area is 88.6 Å². The first-order valence-corrected chi connectivity index (χ1v) is 6.19. The van der Waals surface area contributed by atoms with E-state index in [4.69, 9.17) is 9.29 Å². The average Bonchev–Trinajstić information content (AvgIpc) is 2.83. The van der Waals surface area contributed by atoms with Gasteiger partial charge in [0, 0.05) is 0 Å². The van der Waals surface area contributed by atoms with E-state index >= 15 is 0 Å². The molecule has 1 atom stereocenters. The Morgan fingerprint density at radius 1 is 1.47 bits per heavy atom. The Hall–Kier alpha value is -0.910. The molecular formula is C10H12O4S. The van der Waals surface area contributed by atoms with Gasteiger partial charge < -0.3 is 4.74 Å². The quantitative estimate of drug-likeness (QED) is 0.621. The van der Waals surface area contributed by atoms with Crippen LogP contribution < -0.4 is 0 Å². The largest absolute Gasteiger partial charge is 0.363 e. The number of ether oxygens (including phenoxy) is 1. The smallest absolute Gasteiger partial charge is 0.268 e. The van der Waals surface area contributed by atoms with Crippen LogP contribution in [0.5, 0.6) is 0 Å². The molecule has 1 N–H and O–H groups in total. The molecule has 2 rings (SSSR count). The summed E-state index contributed by atoms with van der Waals surface area (Å²) in [6.45, 7) is 2.24. The lowest BCUT2D eigenvalue weighted by molar-refractivity contribution is 0.324. The molecule has 5 heteroatoms. The molecular weight excluding hydrogens is 216 g/mol. The predicted molar refractivity (Wildman–Crippen MR) is 55.2 cm³/mol. The molecule has 0 spiro atoms. The van der Waals surface area contributed by atoms with Crippen LogP contribution in [0, 0.1) is 6.92 Å². The van der Waals surface area contributed by atoms with Gasteiger partial charge >= 0.3 is 0 Å². The second-order valence-corrected chi connectivity index (χ2v) is 5.28. The van der Waals surface area contributed by atoms with Gasteiger partial charge in [0.05, 0.1) is 6.61 Å². The van der Waals surface area contributed by atoms with Gasteiger partial charge in [-0.1, -0.05) is 24.3 Å². The first-order chi connectivity index (χ1) is 6.93. The number of hydrogen-bond acceptors (Lipinski definition) is 3. The van der Waals surface area contributed by atoms with Crippen molar-refractivity contribution < 1.29 is 17.7 Å². The van der Waals surface area contributed by atoms with Gasteiger partial charge in [-0.15, -0.1) is 0 Å². The highest BCUT2D eigenvalue weighted by Crippen LogP contribution is 2.41. The molecule has 0 saturated carbocycles. The number of hydrogen-bond donors (Lipinski definition) is 1. The van der Waals surface area contributed by atoms with Gasteiger partial charge in [0.2, 0.25) is 0 Å². The first kappa shape index (κ1) is 10.6. The zero-order valence-electron chi connectivity index (χ0n) is 8.30. The Morgan fingerprint density at radius 3 is 2.53 bits per heavy atom. The van der Waals surface area contributed by atoms with E-state index in [2.05, 4.69) is 0 Å². The molecule has 1 aromatic rings. The number of aryl methyl sites for hydroxylation is 1. The molecule has 1 aromatic carbocycles. The first-order valence-electron chi connectivity index (χ1n) is 4.58. The van der Waals surface area contributed by atoms with Crippen molar-refractivity contribution in [3.8, 4) is 0 Å². The zero-order chi connectivity index (χ0) is 11.1. The number of benzene rings is 1. The second kappa shape index (κ2) is 3.30. The Morgan fingerprint density at radius 2 is 2.07 bits per heavy atom. The molecule has 82 valence electrons. The number of epoxide rings is 1. The van der Waals surface area contributed by atoms with Gasteiger partial charge in [-0.05, 0) is 18.1 Å². The van der Waals surface area contributed by atoms with E-state index in [0.717, 1.165) is 11.1 Å². The molecule has 0 radical (unpaired) electrons. The maximum atomic E-state index is 10.8. The van der Waals surface area contributed by atoms with Crippen molar-refractivity contribution in [1.29, 1.82) is 0 Å². The standard InChI is InChI=1S/C10H12O4S/c1-8-4-2-3-5-9(8)10(6-14-10)7-15(11,12)13/h2-5H,6-7H2,1H3,(H,11,12,13)/t10-/m0/s1. The fraction of sp³-hybridized carbons (Fsp3) is 0.400. The van der Waals surface area contributed by atoms with Crippen molar-refractivity contribution in [2.75, 3.05) is 12.4 Å². The zero-order valence-corrected chi connectivity index (χ0v) is 9.12. The molecule has 0 bridgehead atoms. The molecule has 4 nitrogen and oxygen atoms in total. The summed E-state index contributed by atoms with van der Waals surface area (Å²) in [6.07, 6.45) is 0. The molecule has 1 aliphatic rings. The van der Waals surface area contributed by atoms with Crippen molar-refractivity contribution in [3.05, 3.63) is 35.4 Å². The minimum absolute atomic E-state index is 0.345. The normalized spacial score (nSPS) is 25.2. The Bertz CT molecular complexity index is 474. The van der Waals surface area contributed by atoms with Gasteiger partial charge in [0.15, 0.2) is 0 Å². The van der Waals surface area contributed by atoms with Crippen LogP contribution in [0.3, 0.4) is 0 Å². The van der Waals surface area contributed by atoms with E-state index in [9.17, 15) is 8.42 Å². The molecule has 0 unspecified atom stereocenters. The average molecular weight is 228 g/mol. The molecule has 0 amide bonds. The summed E-state index contributed by atoms with van der Waals surface area (Å²) >= 11 is 0. The van der Waals surface area contributed by atoms with Crippen molar-refractivity contribution in [1.82, 2.24) is 0 Å². The molecule has 1 heterocycles. The maximum Gasteiger partial charge on any atom is 0.268 e. The highest BCUT2D eigenvalue weighted by atomic mass is 32.2. The van der Waals surface area contributed by atoms with Crippen molar-refractivity contribution >= 4 is 10.1 Å². The van der Waals surface area contributed by atoms with Crippen LogP contribution in [0.2, 0.25) is 0 Å². The summed E-state index contributed by atoms with van der Waals surface area (Å²) in [5, 5.41) is 0. The third-order valence-corrected chi connectivity index (χ3v) is 3.38. The molecule has 15 heavy (non-hydrogen) atoms. The molecule has 0 aromatic heterocycles. The molecule has 1 aliphatic heterocycles. The van der Waals surface area contributed by atoms with E-state index in [1.807, 2.05) is 31.2 Å². The minimum atomic E-state index is -4.01. The van der Waals surface area contributed by atoms with Crippen LogP contribution in [0.25, 0.3) is 0 Å². The SMILES string of the molecule is Cc1ccccc1[C@@]1(CS(=O)(=O)O)CO1. The third-order valence-electron chi connectivity index (χ3n) is 2.54. The van der Waals surface area contributed by atoms with Gasteiger partial charge in [-0.25, -0.2) is 0 Å². The van der Waals surface area contributed by atoms with E-state index < -0.39 is 15.7 Å². The van der Waals surface area contributed by atoms with Crippen LogP contribution in [-0.4, -0.2) is 25.3 Å². The fourth-order valence-electron chi connectivity index (χ4n) is 1.78. The summed E-state index contributed by atoms with van der Waals surface area (Å²) in [5.74, 6) is -0.370.